The number of halogens is 2. The highest BCUT2D eigenvalue weighted by Gasteiger charge is 2.16. The summed E-state index contributed by atoms with van der Waals surface area (Å²) in [7, 11) is 3.58. The van der Waals surface area contributed by atoms with Gasteiger partial charge in [-0.2, -0.15) is 0 Å². The molecule has 0 spiro atoms. The number of hydrogen-bond donors (Lipinski definition) is 2. The second-order valence-corrected chi connectivity index (χ2v) is 7.73. The van der Waals surface area contributed by atoms with Crippen LogP contribution in [0.2, 0.25) is 5.02 Å². The van der Waals surface area contributed by atoms with Crippen molar-refractivity contribution >= 4 is 51.7 Å². The van der Waals surface area contributed by atoms with Crippen molar-refractivity contribution in [1.82, 2.24) is 13.9 Å². The summed E-state index contributed by atoms with van der Waals surface area (Å²) in [4.78, 5) is 16.8. The first-order chi connectivity index (χ1) is 13.3. The molecule has 2 N–H and O–H groups in total. The van der Waals surface area contributed by atoms with Gasteiger partial charge in [-0.25, -0.2) is 13.7 Å². The van der Waals surface area contributed by atoms with E-state index in [-0.39, 0.29) is 16.3 Å². The van der Waals surface area contributed by atoms with Gasteiger partial charge >= 0.3 is 0 Å². The maximum absolute atomic E-state index is 14.5. The summed E-state index contributed by atoms with van der Waals surface area (Å²) in [6.45, 7) is 4.66. The topological polar surface area (TPSA) is 62.2 Å². The summed E-state index contributed by atoms with van der Waals surface area (Å²) in [6.07, 6.45) is 1.48. The molecule has 6 nitrogen and oxygen atoms in total. The van der Waals surface area contributed by atoms with Crippen molar-refractivity contribution in [3.8, 4) is 0 Å². The maximum Gasteiger partial charge on any atom is 0.261 e. The first kappa shape index (κ1) is 20.4. The van der Waals surface area contributed by atoms with E-state index in [0.717, 1.165) is 6.54 Å². The Labute approximate surface area is 172 Å². The largest absolute Gasteiger partial charge is 0.352 e. The number of nitrogens with one attached hydrogen (secondary N) is 2. The summed E-state index contributed by atoms with van der Waals surface area (Å²) in [5.74, 6) is -0.483. The molecule has 0 saturated heterocycles. The number of aryl methyl sites for hydroxylation is 2. The highest BCUT2D eigenvalue weighted by atomic mass is 35.5. The highest BCUT2D eigenvalue weighted by molar-refractivity contribution is 7.98. The van der Waals surface area contributed by atoms with Crippen LogP contribution in [0.5, 0.6) is 0 Å². The number of benzene rings is 2. The van der Waals surface area contributed by atoms with Gasteiger partial charge in [-0.3, -0.25) is 4.79 Å². The van der Waals surface area contributed by atoms with Crippen molar-refractivity contribution in [3.63, 3.8) is 0 Å². The van der Waals surface area contributed by atoms with Crippen LogP contribution in [0.4, 0.5) is 21.5 Å². The molecule has 0 amide bonds. The Kier molecular flexibility index (Phi) is 6.12. The van der Waals surface area contributed by atoms with Crippen LogP contribution in [0.15, 0.2) is 35.4 Å². The molecule has 0 fully saturated rings. The lowest BCUT2D eigenvalue weighted by Crippen LogP contribution is -2.18. The lowest BCUT2D eigenvalue weighted by molar-refractivity contribution is 0.604. The SMILES string of the molecule is CCN(C)SNc1ccc(F)c(Nc2ccc3ncn(C)c(=O)c3c2C)c1Cl. The molecule has 28 heavy (non-hydrogen) atoms. The molecule has 0 aliphatic carbocycles. The summed E-state index contributed by atoms with van der Waals surface area (Å²) in [6, 6.07) is 6.43. The van der Waals surface area contributed by atoms with Crippen LogP contribution in [-0.2, 0) is 7.05 Å². The zero-order chi connectivity index (χ0) is 20.4. The monoisotopic (exact) mass is 421 g/mol. The highest BCUT2D eigenvalue weighted by Crippen LogP contribution is 2.37. The van der Waals surface area contributed by atoms with Gasteiger partial charge in [0.2, 0.25) is 0 Å². The second-order valence-electron chi connectivity index (χ2n) is 6.34. The van der Waals surface area contributed by atoms with E-state index in [4.69, 9.17) is 11.6 Å². The normalized spacial score (nSPS) is 11.2. The van der Waals surface area contributed by atoms with E-state index in [1.54, 1.807) is 32.2 Å². The molecule has 0 unspecified atom stereocenters. The van der Waals surface area contributed by atoms with E-state index in [1.807, 2.05) is 18.3 Å². The Morgan fingerprint density at radius 1 is 1.29 bits per heavy atom. The zero-order valence-electron chi connectivity index (χ0n) is 16.0. The minimum absolute atomic E-state index is 0.148. The minimum atomic E-state index is -0.483. The lowest BCUT2D eigenvalue weighted by Gasteiger charge is -2.18. The van der Waals surface area contributed by atoms with Gasteiger partial charge in [0.25, 0.3) is 5.56 Å². The van der Waals surface area contributed by atoms with Crippen LogP contribution in [0, 0.1) is 12.7 Å². The van der Waals surface area contributed by atoms with E-state index in [1.165, 1.54) is 29.1 Å². The van der Waals surface area contributed by atoms with Crippen LogP contribution >= 0.6 is 23.7 Å². The summed E-state index contributed by atoms with van der Waals surface area (Å²) >= 11 is 7.81. The van der Waals surface area contributed by atoms with Crippen molar-refractivity contribution in [2.24, 2.45) is 7.05 Å². The van der Waals surface area contributed by atoms with Crippen LogP contribution in [0.1, 0.15) is 12.5 Å². The van der Waals surface area contributed by atoms with Crippen LogP contribution in [-0.4, -0.2) is 27.4 Å². The fourth-order valence-corrected chi connectivity index (χ4v) is 3.52. The number of anilines is 3. The van der Waals surface area contributed by atoms with Crippen molar-refractivity contribution in [2.45, 2.75) is 13.8 Å². The summed E-state index contributed by atoms with van der Waals surface area (Å²) in [5.41, 5.74) is 2.44. The molecule has 0 atom stereocenters. The molecule has 1 heterocycles. The van der Waals surface area contributed by atoms with Gasteiger partial charge < -0.3 is 14.6 Å². The predicted molar refractivity (Wildman–Crippen MR) is 116 cm³/mol. The van der Waals surface area contributed by atoms with Crippen molar-refractivity contribution < 1.29 is 4.39 Å². The van der Waals surface area contributed by atoms with E-state index < -0.39 is 5.82 Å². The molecule has 148 valence electrons. The molecular formula is C19H21ClFN5OS. The van der Waals surface area contributed by atoms with E-state index in [0.29, 0.717) is 27.8 Å². The molecule has 3 rings (SSSR count). The molecule has 9 heteroatoms. The van der Waals surface area contributed by atoms with Crippen LogP contribution < -0.4 is 15.6 Å². The first-order valence-electron chi connectivity index (χ1n) is 8.67. The molecule has 3 aromatic rings. The third kappa shape index (κ3) is 3.94. The van der Waals surface area contributed by atoms with Gasteiger partial charge in [0.05, 0.1) is 33.6 Å². The van der Waals surface area contributed by atoms with Gasteiger partial charge in [0.15, 0.2) is 0 Å². The Morgan fingerprint density at radius 3 is 2.71 bits per heavy atom. The van der Waals surface area contributed by atoms with Crippen molar-refractivity contribution in [2.75, 3.05) is 23.6 Å². The summed E-state index contributed by atoms with van der Waals surface area (Å²) in [5, 5.41) is 3.76. The minimum Gasteiger partial charge on any atom is -0.352 e. The number of hydrogen-bond acceptors (Lipinski definition) is 6. The molecule has 0 saturated carbocycles. The molecule has 2 aromatic carbocycles. The standard InChI is InChI=1S/C19H21ClFN5OS/c1-5-26(4)28-24-15-7-6-12(21)18(17(15)20)23-13-8-9-14-16(11(13)2)19(27)25(3)10-22-14/h6-10,23-24H,5H2,1-4H3. The van der Waals surface area contributed by atoms with Gasteiger partial charge in [0, 0.05) is 31.4 Å². The third-order valence-electron chi connectivity index (χ3n) is 4.45. The molecule has 0 bridgehead atoms. The Hall–Kier alpha value is -2.29. The lowest BCUT2D eigenvalue weighted by atomic mass is 10.1. The van der Waals surface area contributed by atoms with Gasteiger partial charge in [-0.05, 0) is 43.8 Å². The van der Waals surface area contributed by atoms with E-state index >= 15 is 0 Å². The average molecular weight is 422 g/mol. The smallest absolute Gasteiger partial charge is 0.261 e. The number of aromatic nitrogens is 2. The number of fused-ring (bicyclic) bond motifs is 1. The molecule has 0 aliphatic heterocycles. The molecule has 1 aromatic heterocycles. The Balaban J connectivity index is 2.01. The second kappa shape index (κ2) is 8.38. The Morgan fingerprint density at radius 2 is 2.00 bits per heavy atom. The predicted octanol–water partition coefficient (Wildman–Crippen LogP) is 4.70. The fraction of sp³-hybridized carbons (Fsp3) is 0.263. The summed E-state index contributed by atoms with van der Waals surface area (Å²) < 4.78 is 21.0. The van der Waals surface area contributed by atoms with Gasteiger partial charge in [0.1, 0.15) is 5.82 Å². The van der Waals surface area contributed by atoms with Crippen LogP contribution in [0.25, 0.3) is 10.9 Å². The zero-order valence-corrected chi connectivity index (χ0v) is 17.6. The van der Waals surface area contributed by atoms with Crippen LogP contribution in [0.3, 0.4) is 0 Å². The first-order valence-corrected chi connectivity index (χ1v) is 9.82. The van der Waals surface area contributed by atoms with E-state index in [9.17, 15) is 9.18 Å². The third-order valence-corrected chi connectivity index (χ3v) is 5.73. The number of nitrogens with zero attached hydrogens (tertiary/aromatic N) is 3. The number of rotatable bonds is 6. The molecule has 0 aliphatic rings. The Bertz CT molecular complexity index is 1090. The van der Waals surface area contributed by atoms with Gasteiger partial charge in [-0.15, -0.1) is 0 Å². The van der Waals surface area contributed by atoms with Crippen molar-refractivity contribution in [3.05, 3.63) is 57.3 Å². The maximum atomic E-state index is 14.5. The molecule has 0 radical (unpaired) electrons. The average Bonchev–Trinajstić information content (AvgIpc) is 2.68. The van der Waals surface area contributed by atoms with Gasteiger partial charge in [-0.1, -0.05) is 18.5 Å². The molecular weight excluding hydrogens is 401 g/mol. The van der Waals surface area contributed by atoms with Crippen molar-refractivity contribution in [1.29, 1.82) is 0 Å². The van der Waals surface area contributed by atoms with E-state index in [2.05, 4.69) is 15.0 Å². The quantitative estimate of drug-likeness (QED) is 0.562. The fourth-order valence-electron chi connectivity index (χ4n) is 2.66.